The van der Waals surface area contributed by atoms with Gasteiger partial charge in [0.2, 0.25) is 0 Å². The standard InChI is InChI=1S/C19H16F3N3O2/c1-27-14-9-5-8-13(10-14)17(12-6-3-2-4-7-12)23-18(26)15-11-16(25-24-15)19(20,21)22/h2-11,17H,1H3,(H,23,26)(H,24,25). The minimum atomic E-state index is -4.60. The Morgan fingerprint density at radius 1 is 1.07 bits per heavy atom. The van der Waals surface area contributed by atoms with Gasteiger partial charge < -0.3 is 10.1 Å². The number of rotatable bonds is 5. The Kier molecular flexibility index (Phi) is 5.16. The van der Waals surface area contributed by atoms with E-state index in [1.54, 1.807) is 24.3 Å². The number of methoxy groups -OCH3 is 1. The van der Waals surface area contributed by atoms with E-state index in [4.69, 9.17) is 4.74 Å². The number of halogens is 3. The lowest BCUT2D eigenvalue weighted by atomic mass is 9.98. The van der Waals surface area contributed by atoms with E-state index in [1.807, 2.05) is 35.4 Å². The van der Waals surface area contributed by atoms with Crippen LogP contribution < -0.4 is 10.1 Å². The molecule has 1 amide bonds. The molecule has 0 spiro atoms. The summed E-state index contributed by atoms with van der Waals surface area (Å²) >= 11 is 0. The van der Waals surface area contributed by atoms with Crippen molar-refractivity contribution >= 4 is 5.91 Å². The van der Waals surface area contributed by atoms with Gasteiger partial charge in [0.1, 0.15) is 11.4 Å². The van der Waals surface area contributed by atoms with Crippen LogP contribution in [0.25, 0.3) is 0 Å². The van der Waals surface area contributed by atoms with Crippen molar-refractivity contribution < 1.29 is 22.7 Å². The van der Waals surface area contributed by atoms with Crippen LogP contribution in [0.3, 0.4) is 0 Å². The number of amides is 1. The van der Waals surface area contributed by atoms with Crippen molar-refractivity contribution in [2.24, 2.45) is 0 Å². The van der Waals surface area contributed by atoms with Gasteiger partial charge in [-0.1, -0.05) is 42.5 Å². The first-order chi connectivity index (χ1) is 12.9. The van der Waals surface area contributed by atoms with Crippen molar-refractivity contribution in [3.05, 3.63) is 83.2 Å². The number of aromatic amines is 1. The Hall–Kier alpha value is -3.29. The molecule has 3 rings (SSSR count). The van der Waals surface area contributed by atoms with Gasteiger partial charge in [0.25, 0.3) is 5.91 Å². The third-order valence-corrected chi connectivity index (χ3v) is 3.95. The van der Waals surface area contributed by atoms with Crippen molar-refractivity contribution in [2.75, 3.05) is 7.11 Å². The Morgan fingerprint density at radius 3 is 2.41 bits per heavy atom. The molecule has 8 heteroatoms. The van der Waals surface area contributed by atoms with Gasteiger partial charge in [-0.25, -0.2) is 0 Å². The molecule has 1 heterocycles. The first-order valence-electron chi connectivity index (χ1n) is 8.01. The third kappa shape index (κ3) is 4.28. The molecule has 0 radical (unpaired) electrons. The number of hydrogen-bond acceptors (Lipinski definition) is 3. The molecule has 3 aromatic rings. The molecule has 1 unspecified atom stereocenters. The first kappa shape index (κ1) is 18.5. The van der Waals surface area contributed by atoms with Crippen LogP contribution in [0.1, 0.15) is 33.4 Å². The van der Waals surface area contributed by atoms with Crippen molar-refractivity contribution in [1.82, 2.24) is 15.5 Å². The van der Waals surface area contributed by atoms with Crippen LogP contribution in [0.2, 0.25) is 0 Å². The zero-order valence-corrected chi connectivity index (χ0v) is 14.2. The van der Waals surface area contributed by atoms with Gasteiger partial charge in [-0.05, 0) is 23.3 Å². The highest BCUT2D eigenvalue weighted by atomic mass is 19.4. The molecule has 0 bridgehead atoms. The van der Waals surface area contributed by atoms with Crippen LogP contribution in [-0.2, 0) is 6.18 Å². The minimum absolute atomic E-state index is 0.342. The summed E-state index contributed by atoms with van der Waals surface area (Å²) < 4.78 is 43.4. The lowest BCUT2D eigenvalue weighted by molar-refractivity contribution is -0.141. The van der Waals surface area contributed by atoms with Gasteiger partial charge in [0.05, 0.1) is 13.2 Å². The monoisotopic (exact) mass is 375 g/mol. The van der Waals surface area contributed by atoms with Crippen LogP contribution in [0.5, 0.6) is 5.75 Å². The molecular formula is C19H16F3N3O2. The molecule has 5 nitrogen and oxygen atoms in total. The average Bonchev–Trinajstić information content (AvgIpc) is 3.17. The highest BCUT2D eigenvalue weighted by Crippen LogP contribution is 2.28. The summed E-state index contributed by atoms with van der Waals surface area (Å²) in [5, 5.41) is 8.05. The van der Waals surface area contributed by atoms with Crippen LogP contribution >= 0.6 is 0 Å². The number of H-pyrrole nitrogens is 1. The molecule has 140 valence electrons. The Labute approximate surface area is 153 Å². The van der Waals surface area contributed by atoms with E-state index in [2.05, 4.69) is 10.4 Å². The van der Waals surface area contributed by atoms with Crippen molar-refractivity contribution in [1.29, 1.82) is 0 Å². The quantitative estimate of drug-likeness (QED) is 0.709. The number of carbonyl (C=O) groups excluding carboxylic acids is 1. The van der Waals surface area contributed by atoms with Crippen molar-refractivity contribution in [3.8, 4) is 5.75 Å². The van der Waals surface area contributed by atoms with Crippen molar-refractivity contribution in [3.63, 3.8) is 0 Å². The van der Waals surface area contributed by atoms with Gasteiger partial charge in [0.15, 0.2) is 5.69 Å². The summed E-state index contributed by atoms with van der Waals surface area (Å²) in [7, 11) is 1.53. The molecular weight excluding hydrogens is 359 g/mol. The average molecular weight is 375 g/mol. The lowest BCUT2D eigenvalue weighted by Crippen LogP contribution is -2.29. The van der Waals surface area contributed by atoms with E-state index in [-0.39, 0.29) is 5.69 Å². The van der Waals surface area contributed by atoms with Crippen LogP contribution in [-0.4, -0.2) is 23.2 Å². The third-order valence-electron chi connectivity index (χ3n) is 3.95. The van der Waals surface area contributed by atoms with Gasteiger partial charge in [0, 0.05) is 6.07 Å². The second-order valence-corrected chi connectivity index (χ2v) is 5.76. The lowest BCUT2D eigenvalue weighted by Gasteiger charge is -2.20. The molecule has 1 atom stereocenters. The topological polar surface area (TPSA) is 67.0 Å². The summed E-state index contributed by atoms with van der Waals surface area (Å²) in [6.45, 7) is 0. The van der Waals surface area contributed by atoms with Crippen molar-refractivity contribution in [2.45, 2.75) is 12.2 Å². The van der Waals surface area contributed by atoms with E-state index in [9.17, 15) is 18.0 Å². The van der Waals surface area contributed by atoms with E-state index < -0.39 is 23.8 Å². The molecule has 0 fully saturated rings. The normalized spacial score (nSPS) is 12.4. The predicted octanol–water partition coefficient (Wildman–Crippen LogP) is 3.96. The first-order valence-corrected chi connectivity index (χ1v) is 8.01. The molecule has 0 saturated carbocycles. The van der Waals surface area contributed by atoms with E-state index in [0.717, 1.165) is 11.1 Å². The number of hydrogen-bond donors (Lipinski definition) is 2. The number of nitrogens with zero attached hydrogens (tertiary/aromatic N) is 1. The van der Waals surface area contributed by atoms with Gasteiger partial charge in [-0.2, -0.15) is 18.3 Å². The van der Waals surface area contributed by atoms with Gasteiger partial charge in [-0.15, -0.1) is 0 Å². The number of ether oxygens (including phenoxy) is 1. The molecule has 0 saturated heterocycles. The summed E-state index contributed by atoms with van der Waals surface area (Å²) in [5.74, 6) is -0.125. The summed E-state index contributed by atoms with van der Waals surface area (Å²) in [5.41, 5.74) is 0.0719. The summed E-state index contributed by atoms with van der Waals surface area (Å²) in [6.07, 6.45) is -4.60. The maximum atomic E-state index is 12.7. The SMILES string of the molecule is COc1cccc(C(NC(=O)c2cc(C(F)(F)F)[nH]n2)c2ccccc2)c1. The molecule has 2 aromatic carbocycles. The van der Waals surface area contributed by atoms with Crippen LogP contribution in [0, 0.1) is 0 Å². The maximum absolute atomic E-state index is 12.7. The number of carbonyl (C=O) groups is 1. The van der Waals surface area contributed by atoms with Crippen LogP contribution in [0.15, 0.2) is 60.7 Å². The van der Waals surface area contributed by atoms with E-state index in [1.165, 1.54) is 7.11 Å². The Morgan fingerprint density at radius 2 is 1.78 bits per heavy atom. The fourth-order valence-electron chi connectivity index (χ4n) is 2.61. The van der Waals surface area contributed by atoms with E-state index >= 15 is 0 Å². The maximum Gasteiger partial charge on any atom is 0.432 e. The zero-order chi connectivity index (χ0) is 19.4. The van der Waals surface area contributed by atoms with Gasteiger partial charge >= 0.3 is 6.18 Å². The molecule has 1 aromatic heterocycles. The Bertz CT molecular complexity index is 923. The number of alkyl halides is 3. The summed E-state index contributed by atoms with van der Waals surface area (Å²) in [4.78, 5) is 12.5. The second kappa shape index (κ2) is 7.53. The Balaban J connectivity index is 1.92. The highest BCUT2D eigenvalue weighted by Gasteiger charge is 2.34. The molecule has 0 aliphatic heterocycles. The molecule has 0 aliphatic rings. The van der Waals surface area contributed by atoms with E-state index in [0.29, 0.717) is 11.8 Å². The molecule has 2 N–H and O–H groups in total. The van der Waals surface area contributed by atoms with Crippen LogP contribution in [0.4, 0.5) is 13.2 Å². The van der Waals surface area contributed by atoms with Gasteiger partial charge in [-0.3, -0.25) is 9.89 Å². The highest BCUT2D eigenvalue weighted by molar-refractivity contribution is 5.92. The number of aromatic nitrogens is 2. The zero-order valence-electron chi connectivity index (χ0n) is 14.2. The predicted molar refractivity (Wildman–Crippen MR) is 92.3 cm³/mol. The minimum Gasteiger partial charge on any atom is -0.497 e. The smallest absolute Gasteiger partial charge is 0.432 e. The largest absolute Gasteiger partial charge is 0.497 e. The summed E-state index contributed by atoms with van der Waals surface area (Å²) in [6, 6.07) is 16.3. The molecule has 0 aliphatic carbocycles. The second-order valence-electron chi connectivity index (χ2n) is 5.76. The molecule has 27 heavy (non-hydrogen) atoms. The fraction of sp³-hybridized carbons (Fsp3) is 0.158. The number of nitrogens with one attached hydrogen (secondary N) is 2. The number of benzene rings is 2. The fourth-order valence-corrected chi connectivity index (χ4v) is 2.61.